The van der Waals surface area contributed by atoms with E-state index in [1.54, 1.807) is 0 Å². The van der Waals surface area contributed by atoms with Crippen molar-refractivity contribution in [2.75, 3.05) is 13.2 Å². The van der Waals surface area contributed by atoms with Gasteiger partial charge in [0.1, 0.15) is 0 Å². The summed E-state index contributed by atoms with van der Waals surface area (Å²) in [6.45, 7) is 3.08. The van der Waals surface area contributed by atoms with Crippen molar-refractivity contribution >= 4 is 0 Å². The molecule has 18 heavy (non-hydrogen) atoms. The number of aliphatic hydroxyl groups excluding tert-OH is 1. The van der Waals surface area contributed by atoms with Gasteiger partial charge in [0.15, 0.2) is 0 Å². The molecule has 0 aliphatic rings. The van der Waals surface area contributed by atoms with Gasteiger partial charge in [-0.1, -0.05) is 42.5 Å². The highest BCUT2D eigenvalue weighted by atomic mass is 16.5. The summed E-state index contributed by atoms with van der Waals surface area (Å²) in [5.41, 5.74) is 4.78. The van der Waals surface area contributed by atoms with Crippen LogP contribution >= 0.6 is 0 Å². The summed E-state index contributed by atoms with van der Waals surface area (Å²) < 4.78 is 5.28. The molecule has 0 spiro atoms. The first-order valence-corrected chi connectivity index (χ1v) is 6.06. The smallest absolute Gasteiger partial charge is 0.0718 e. The fourth-order valence-corrected chi connectivity index (χ4v) is 1.87. The lowest BCUT2D eigenvalue weighted by molar-refractivity contribution is 0.0815. The number of benzene rings is 2. The Bertz CT molecular complexity index is 489. The molecule has 1 radical (unpaired) electrons. The Balaban J connectivity index is 2.10. The van der Waals surface area contributed by atoms with E-state index in [-0.39, 0.29) is 6.61 Å². The number of rotatable bonds is 5. The van der Waals surface area contributed by atoms with Crippen LogP contribution in [0.5, 0.6) is 0 Å². The Morgan fingerprint density at radius 2 is 1.94 bits per heavy atom. The second-order valence-electron chi connectivity index (χ2n) is 4.21. The molecule has 2 aromatic carbocycles. The normalized spacial score (nSPS) is 10.6. The van der Waals surface area contributed by atoms with Gasteiger partial charge in [-0.3, -0.25) is 0 Å². The first-order chi connectivity index (χ1) is 8.81. The van der Waals surface area contributed by atoms with Gasteiger partial charge in [-0.15, -0.1) is 0 Å². The molecule has 0 heterocycles. The average Bonchev–Trinajstić information content (AvgIpc) is 2.41. The average molecular weight is 241 g/mol. The molecular formula is C16H17O2. The lowest BCUT2D eigenvalue weighted by Crippen LogP contribution is -1.99. The van der Waals surface area contributed by atoms with Gasteiger partial charge in [0.05, 0.1) is 19.8 Å². The standard InChI is InChI=1S/C16H17O2/c1-13-4-2-3-5-16(13)15-8-6-14(7-9-15)12-18-11-10-17/h3-9,17H,10-12H2,1H3. The second-order valence-corrected chi connectivity index (χ2v) is 4.21. The van der Waals surface area contributed by atoms with E-state index in [1.807, 2.05) is 12.1 Å². The molecule has 1 N–H and O–H groups in total. The van der Waals surface area contributed by atoms with Gasteiger partial charge in [-0.25, -0.2) is 0 Å². The molecule has 0 amide bonds. The highest BCUT2D eigenvalue weighted by Gasteiger charge is 2.01. The van der Waals surface area contributed by atoms with Crippen molar-refractivity contribution in [1.29, 1.82) is 0 Å². The number of aryl methyl sites for hydroxylation is 1. The van der Waals surface area contributed by atoms with E-state index < -0.39 is 0 Å². The van der Waals surface area contributed by atoms with Crippen molar-refractivity contribution in [1.82, 2.24) is 0 Å². The summed E-state index contributed by atoms with van der Waals surface area (Å²) in [4.78, 5) is 0. The molecule has 0 fully saturated rings. The number of aliphatic hydroxyl groups is 1. The summed E-state index contributed by atoms with van der Waals surface area (Å²) >= 11 is 0. The molecule has 2 aromatic rings. The lowest BCUT2D eigenvalue weighted by Gasteiger charge is -2.07. The summed E-state index contributed by atoms with van der Waals surface area (Å²) in [5.74, 6) is 0. The van der Waals surface area contributed by atoms with E-state index in [9.17, 15) is 0 Å². The largest absolute Gasteiger partial charge is 0.394 e. The van der Waals surface area contributed by atoms with Gasteiger partial charge >= 0.3 is 0 Å². The van der Waals surface area contributed by atoms with Gasteiger partial charge in [0.2, 0.25) is 0 Å². The first kappa shape index (κ1) is 12.8. The van der Waals surface area contributed by atoms with Crippen LogP contribution in [0.3, 0.4) is 0 Å². The van der Waals surface area contributed by atoms with E-state index in [4.69, 9.17) is 9.84 Å². The van der Waals surface area contributed by atoms with Gasteiger partial charge in [0, 0.05) is 0 Å². The minimum Gasteiger partial charge on any atom is -0.394 e. The predicted octanol–water partition coefficient (Wildman–Crippen LogP) is 2.97. The quantitative estimate of drug-likeness (QED) is 0.815. The van der Waals surface area contributed by atoms with E-state index >= 15 is 0 Å². The van der Waals surface area contributed by atoms with Crippen molar-refractivity contribution in [3.63, 3.8) is 0 Å². The third kappa shape index (κ3) is 3.19. The molecule has 0 bridgehead atoms. The van der Waals surface area contributed by atoms with Crippen molar-refractivity contribution in [2.45, 2.75) is 13.5 Å². The monoisotopic (exact) mass is 241 g/mol. The third-order valence-electron chi connectivity index (χ3n) is 2.84. The highest BCUT2D eigenvalue weighted by molar-refractivity contribution is 5.67. The molecule has 0 aliphatic heterocycles. The Morgan fingerprint density at radius 1 is 1.17 bits per heavy atom. The molecule has 0 atom stereocenters. The summed E-state index contributed by atoms with van der Waals surface area (Å²) in [5, 5.41) is 8.64. The number of ether oxygens (including phenoxy) is 1. The molecule has 0 saturated carbocycles. The van der Waals surface area contributed by atoms with Gasteiger partial charge < -0.3 is 9.84 Å². The van der Waals surface area contributed by atoms with Crippen molar-refractivity contribution in [3.05, 3.63) is 59.7 Å². The summed E-state index contributed by atoms with van der Waals surface area (Å²) in [6, 6.07) is 17.4. The zero-order chi connectivity index (χ0) is 12.8. The van der Waals surface area contributed by atoms with Crippen LogP contribution in [0.2, 0.25) is 0 Å². The Morgan fingerprint density at radius 3 is 2.61 bits per heavy atom. The van der Waals surface area contributed by atoms with Crippen LogP contribution < -0.4 is 0 Å². The molecule has 2 heteroatoms. The van der Waals surface area contributed by atoms with Crippen LogP contribution in [0, 0.1) is 13.0 Å². The van der Waals surface area contributed by atoms with Crippen LogP contribution in [0.1, 0.15) is 11.1 Å². The molecular weight excluding hydrogens is 224 g/mol. The fraction of sp³-hybridized carbons (Fsp3) is 0.250. The summed E-state index contributed by atoms with van der Waals surface area (Å²) in [6.07, 6.45) is 0. The molecule has 2 rings (SSSR count). The van der Waals surface area contributed by atoms with Crippen molar-refractivity contribution in [3.8, 4) is 11.1 Å². The lowest BCUT2D eigenvalue weighted by atomic mass is 10.00. The third-order valence-corrected chi connectivity index (χ3v) is 2.84. The van der Waals surface area contributed by atoms with Crippen LogP contribution in [-0.4, -0.2) is 18.3 Å². The SMILES string of the molecule is Cc1c[c]ccc1-c1ccc(COCCO)cc1. The van der Waals surface area contributed by atoms with Gasteiger partial charge in [0.25, 0.3) is 0 Å². The fourth-order valence-electron chi connectivity index (χ4n) is 1.87. The minimum absolute atomic E-state index is 0.0673. The maximum absolute atomic E-state index is 8.64. The topological polar surface area (TPSA) is 29.5 Å². The van der Waals surface area contributed by atoms with Crippen molar-refractivity contribution < 1.29 is 9.84 Å². The summed E-state index contributed by atoms with van der Waals surface area (Å²) in [7, 11) is 0. The zero-order valence-corrected chi connectivity index (χ0v) is 10.5. The number of hydrogen-bond acceptors (Lipinski definition) is 2. The van der Waals surface area contributed by atoms with Crippen LogP contribution in [0.4, 0.5) is 0 Å². The van der Waals surface area contributed by atoms with E-state index in [1.165, 1.54) is 16.7 Å². The maximum Gasteiger partial charge on any atom is 0.0718 e. The van der Waals surface area contributed by atoms with Crippen LogP contribution in [0.25, 0.3) is 11.1 Å². The van der Waals surface area contributed by atoms with E-state index in [0.29, 0.717) is 13.2 Å². The maximum atomic E-state index is 8.64. The Kier molecular flexibility index (Phi) is 4.51. The van der Waals surface area contributed by atoms with E-state index in [0.717, 1.165) is 5.56 Å². The van der Waals surface area contributed by atoms with Crippen LogP contribution in [-0.2, 0) is 11.3 Å². The molecule has 2 nitrogen and oxygen atoms in total. The predicted molar refractivity (Wildman–Crippen MR) is 72.2 cm³/mol. The minimum atomic E-state index is 0.0673. The molecule has 0 aromatic heterocycles. The molecule has 0 unspecified atom stereocenters. The highest BCUT2D eigenvalue weighted by Crippen LogP contribution is 2.23. The van der Waals surface area contributed by atoms with E-state index in [2.05, 4.69) is 43.3 Å². The van der Waals surface area contributed by atoms with Crippen LogP contribution in [0.15, 0.2) is 42.5 Å². The van der Waals surface area contributed by atoms with Gasteiger partial charge in [-0.2, -0.15) is 0 Å². The molecule has 0 saturated heterocycles. The van der Waals surface area contributed by atoms with Crippen molar-refractivity contribution in [2.24, 2.45) is 0 Å². The molecule has 93 valence electrons. The first-order valence-electron chi connectivity index (χ1n) is 6.06. The Labute approximate surface area is 108 Å². The second kappa shape index (κ2) is 6.34. The Hall–Kier alpha value is -1.64. The van der Waals surface area contributed by atoms with Gasteiger partial charge in [-0.05, 0) is 35.2 Å². The molecule has 0 aliphatic carbocycles. The zero-order valence-electron chi connectivity index (χ0n) is 10.5. The number of hydrogen-bond donors (Lipinski definition) is 1.